The lowest BCUT2D eigenvalue weighted by Crippen LogP contribution is -2.06. The molecule has 86 valence electrons. The third kappa shape index (κ3) is 3.09. The minimum absolute atomic E-state index is 0.297. The molecule has 0 bridgehead atoms. The number of nitriles is 1. The molecule has 2 rings (SSSR count). The maximum Gasteiger partial charge on any atom is 0.149 e. The zero-order chi connectivity index (χ0) is 12.3. The maximum absolute atomic E-state index is 9.18. The topological polar surface area (TPSA) is 35.8 Å². The molecule has 1 atom stereocenters. The Labute approximate surface area is 113 Å². The van der Waals surface area contributed by atoms with Gasteiger partial charge in [-0.2, -0.15) is 5.26 Å². The molecule has 1 N–H and O–H groups in total. The second-order valence-electron chi connectivity index (χ2n) is 3.71. The van der Waals surface area contributed by atoms with Gasteiger partial charge in [0, 0.05) is 10.6 Å². The highest BCUT2D eigenvalue weighted by molar-refractivity contribution is 9.11. The predicted octanol–water partition coefficient (Wildman–Crippen LogP) is 4.50. The van der Waals surface area contributed by atoms with Gasteiger partial charge in [-0.05, 0) is 47.1 Å². The number of thiophene rings is 1. The van der Waals surface area contributed by atoms with Crippen LogP contribution in [0.3, 0.4) is 0 Å². The minimum atomic E-state index is -0.297. The van der Waals surface area contributed by atoms with Gasteiger partial charge in [0.2, 0.25) is 0 Å². The second kappa shape index (κ2) is 5.35. The van der Waals surface area contributed by atoms with Crippen molar-refractivity contribution >= 4 is 33.0 Å². The van der Waals surface area contributed by atoms with E-state index in [0.717, 1.165) is 14.4 Å². The number of aryl methyl sites for hydroxylation is 1. The number of nitrogens with one attached hydrogen (secondary N) is 1. The van der Waals surface area contributed by atoms with Gasteiger partial charge in [-0.3, -0.25) is 0 Å². The molecular weight excluding hydrogens is 296 g/mol. The van der Waals surface area contributed by atoms with E-state index in [1.807, 2.05) is 43.3 Å². The van der Waals surface area contributed by atoms with Crippen molar-refractivity contribution in [3.63, 3.8) is 0 Å². The highest BCUT2D eigenvalue weighted by Gasteiger charge is 2.12. The van der Waals surface area contributed by atoms with Crippen LogP contribution < -0.4 is 5.32 Å². The first-order valence-corrected chi connectivity index (χ1v) is 6.78. The fraction of sp³-hybridized carbons (Fsp3) is 0.154. The first-order valence-electron chi connectivity index (χ1n) is 5.17. The van der Waals surface area contributed by atoms with Gasteiger partial charge in [-0.1, -0.05) is 17.7 Å². The van der Waals surface area contributed by atoms with Crippen molar-refractivity contribution in [2.45, 2.75) is 13.0 Å². The molecule has 0 spiro atoms. The predicted molar refractivity (Wildman–Crippen MR) is 75.2 cm³/mol. The molecule has 0 radical (unpaired) electrons. The van der Waals surface area contributed by atoms with E-state index in [1.54, 1.807) is 11.3 Å². The standard InChI is InChI=1S/C13H11BrN2S/c1-9-2-4-10(5-3-9)16-11(8-15)12-6-7-13(14)17-12/h2-7,11,16H,1H3. The van der Waals surface area contributed by atoms with Crippen LogP contribution in [0.5, 0.6) is 0 Å². The van der Waals surface area contributed by atoms with Crippen molar-refractivity contribution in [1.29, 1.82) is 5.26 Å². The fourth-order valence-corrected chi connectivity index (χ4v) is 2.89. The first-order chi connectivity index (χ1) is 8.19. The van der Waals surface area contributed by atoms with Gasteiger partial charge in [0.1, 0.15) is 6.04 Å². The van der Waals surface area contributed by atoms with Crippen LogP contribution in [-0.2, 0) is 0 Å². The molecule has 0 aliphatic heterocycles. The van der Waals surface area contributed by atoms with Crippen LogP contribution >= 0.6 is 27.3 Å². The molecule has 2 nitrogen and oxygen atoms in total. The van der Waals surface area contributed by atoms with E-state index in [2.05, 4.69) is 27.3 Å². The summed E-state index contributed by atoms with van der Waals surface area (Å²) in [7, 11) is 0. The number of hydrogen-bond acceptors (Lipinski definition) is 3. The van der Waals surface area contributed by atoms with Crippen LogP contribution in [0.25, 0.3) is 0 Å². The van der Waals surface area contributed by atoms with Crippen LogP contribution in [0.15, 0.2) is 40.2 Å². The van der Waals surface area contributed by atoms with Crippen LogP contribution in [0.2, 0.25) is 0 Å². The van der Waals surface area contributed by atoms with Crippen molar-refractivity contribution < 1.29 is 0 Å². The molecule has 0 saturated heterocycles. The molecule has 0 aliphatic rings. The molecule has 0 fully saturated rings. The molecular formula is C13H11BrN2S. The van der Waals surface area contributed by atoms with E-state index in [0.29, 0.717) is 0 Å². The van der Waals surface area contributed by atoms with Gasteiger partial charge in [0.15, 0.2) is 0 Å². The van der Waals surface area contributed by atoms with E-state index < -0.39 is 0 Å². The summed E-state index contributed by atoms with van der Waals surface area (Å²) in [5.41, 5.74) is 2.18. The number of nitrogens with zero attached hydrogens (tertiary/aromatic N) is 1. The summed E-state index contributed by atoms with van der Waals surface area (Å²) in [6.45, 7) is 2.04. The Morgan fingerprint density at radius 1 is 1.24 bits per heavy atom. The molecule has 2 aromatic rings. The fourth-order valence-electron chi connectivity index (χ4n) is 1.47. The van der Waals surface area contributed by atoms with Crippen LogP contribution in [0.4, 0.5) is 5.69 Å². The molecule has 17 heavy (non-hydrogen) atoms. The van der Waals surface area contributed by atoms with E-state index in [-0.39, 0.29) is 6.04 Å². The van der Waals surface area contributed by atoms with Gasteiger partial charge in [-0.25, -0.2) is 0 Å². The lowest BCUT2D eigenvalue weighted by molar-refractivity contribution is 1.03. The molecule has 1 aromatic carbocycles. The Bertz CT molecular complexity index is 539. The van der Waals surface area contributed by atoms with Crippen molar-refractivity contribution in [3.8, 4) is 6.07 Å². The van der Waals surface area contributed by atoms with Gasteiger partial charge in [-0.15, -0.1) is 11.3 Å². The van der Waals surface area contributed by atoms with E-state index in [9.17, 15) is 5.26 Å². The van der Waals surface area contributed by atoms with Gasteiger partial charge >= 0.3 is 0 Å². The van der Waals surface area contributed by atoms with Crippen LogP contribution in [-0.4, -0.2) is 0 Å². The molecule has 0 aliphatic carbocycles. The van der Waals surface area contributed by atoms with E-state index >= 15 is 0 Å². The number of benzene rings is 1. The maximum atomic E-state index is 9.18. The normalized spacial score (nSPS) is 11.8. The Kier molecular flexibility index (Phi) is 3.82. The summed E-state index contributed by atoms with van der Waals surface area (Å²) in [5.74, 6) is 0. The van der Waals surface area contributed by atoms with Crippen molar-refractivity contribution in [3.05, 3.63) is 50.6 Å². The third-order valence-electron chi connectivity index (χ3n) is 2.37. The Balaban J connectivity index is 2.16. The molecule has 4 heteroatoms. The van der Waals surface area contributed by atoms with E-state index in [4.69, 9.17) is 0 Å². The van der Waals surface area contributed by atoms with Crippen molar-refractivity contribution in [1.82, 2.24) is 0 Å². The second-order valence-corrected chi connectivity index (χ2v) is 6.21. The van der Waals surface area contributed by atoms with Crippen molar-refractivity contribution in [2.75, 3.05) is 5.32 Å². The lowest BCUT2D eigenvalue weighted by Gasteiger charge is -2.11. The molecule has 1 heterocycles. The number of hydrogen-bond donors (Lipinski definition) is 1. The molecule has 0 amide bonds. The molecule has 1 aromatic heterocycles. The Hall–Kier alpha value is -1.31. The quantitative estimate of drug-likeness (QED) is 0.906. The SMILES string of the molecule is Cc1ccc(NC(C#N)c2ccc(Br)s2)cc1. The number of anilines is 1. The largest absolute Gasteiger partial charge is 0.366 e. The van der Waals surface area contributed by atoms with Gasteiger partial charge < -0.3 is 5.32 Å². The molecule has 1 unspecified atom stereocenters. The highest BCUT2D eigenvalue weighted by Crippen LogP contribution is 2.29. The molecule has 0 saturated carbocycles. The van der Waals surface area contributed by atoms with Gasteiger partial charge in [0.05, 0.1) is 9.86 Å². The number of rotatable bonds is 3. The van der Waals surface area contributed by atoms with Crippen LogP contribution in [0.1, 0.15) is 16.5 Å². The Morgan fingerprint density at radius 3 is 2.47 bits per heavy atom. The number of halogens is 1. The monoisotopic (exact) mass is 306 g/mol. The minimum Gasteiger partial charge on any atom is -0.366 e. The van der Waals surface area contributed by atoms with Crippen molar-refractivity contribution in [2.24, 2.45) is 0 Å². The average Bonchev–Trinajstić information content (AvgIpc) is 2.75. The van der Waals surface area contributed by atoms with Gasteiger partial charge in [0.25, 0.3) is 0 Å². The summed E-state index contributed by atoms with van der Waals surface area (Å²) in [6, 6.07) is 13.9. The summed E-state index contributed by atoms with van der Waals surface area (Å²) in [5, 5.41) is 12.4. The summed E-state index contributed by atoms with van der Waals surface area (Å²) in [4.78, 5) is 1.01. The smallest absolute Gasteiger partial charge is 0.149 e. The van der Waals surface area contributed by atoms with Crippen LogP contribution in [0, 0.1) is 18.3 Å². The Morgan fingerprint density at radius 2 is 1.94 bits per heavy atom. The highest BCUT2D eigenvalue weighted by atomic mass is 79.9. The third-order valence-corrected chi connectivity index (χ3v) is 4.06. The summed E-state index contributed by atoms with van der Waals surface area (Å²) >= 11 is 4.98. The lowest BCUT2D eigenvalue weighted by atomic mass is 10.2. The van der Waals surface area contributed by atoms with E-state index in [1.165, 1.54) is 5.56 Å². The summed E-state index contributed by atoms with van der Waals surface area (Å²) in [6.07, 6.45) is 0. The summed E-state index contributed by atoms with van der Waals surface area (Å²) < 4.78 is 1.04. The zero-order valence-electron chi connectivity index (χ0n) is 9.27. The average molecular weight is 307 g/mol. The first kappa shape index (κ1) is 12.2. The zero-order valence-corrected chi connectivity index (χ0v) is 11.7.